The molecule has 138 valence electrons. The van der Waals surface area contributed by atoms with Gasteiger partial charge in [-0.1, -0.05) is 79.0 Å². The van der Waals surface area contributed by atoms with Crippen LogP contribution in [-0.2, 0) is 14.3 Å². The highest BCUT2D eigenvalue weighted by Gasteiger charge is 2.17. The van der Waals surface area contributed by atoms with E-state index in [1.165, 1.54) is 12.5 Å². The average molecular weight is 428 g/mol. The summed E-state index contributed by atoms with van der Waals surface area (Å²) in [6.45, 7) is 2.44. The van der Waals surface area contributed by atoms with Gasteiger partial charge in [-0.2, -0.15) is 0 Å². The first-order chi connectivity index (χ1) is 11.9. The SMILES string of the molecule is CCCCCCCOC(=O)/C=C/C(=O)Oc1c(Cl)c(Cl)cc(Cl)c1Cl. The lowest BCUT2D eigenvalue weighted by Gasteiger charge is -2.09. The largest absolute Gasteiger partial charge is 0.463 e. The molecule has 25 heavy (non-hydrogen) atoms. The van der Waals surface area contributed by atoms with Crippen molar-refractivity contribution in [1.29, 1.82) is 0 Å². The molecule has 0 fully saturated rings. The minimum atomic E-state index is -0.859. The summed E-state index contributed by atoms with van der Waals surface area (Å²) in [5.74, 6) is -1.66. The minimum Gasteiger partial charge on any atom is -0.463 e. The number of halogens is 4. The van der Waals surface area contributed by atoms with E-state index in [1.54, 1.807) is 0 Å². The van der Waals surface area contributed by atoms with Crippen LogP contribution in [0.5, 0.6) is 5.75 Å². The molecule has 0 radical (unpaired) electrons. The second kappa shape index (κ2) is 11.6. The molecule has 1 aromatic carbocycles. The molecule has 0 spiro atoms. The molecule has 0 saturated heterocycles. The van der Waals surface area contributed by atoms with Gasteiger partial charge in [0.25, 0.3) is 0 Å². The summed E-state index contributed by atoms with van der Waals surface area (Å²) in [7, 11) is 0. The summed E-state index contributed by atoms with van der Waals surface area (Å²) in [4.78, 5) is 23.3. The second-order valence-corrected chi connectivity index (χ2v) is 6.70. The average Bonchev–Trinajstić information content (AvgIpc) is 2.58. The highest BCUT2D eigenvalue weighted by molar-refractivity contribution is 6.48. The van der Waals surface area contributed by atoms with Gasteiger partial charge in [0.2, 0.25) is 0 Å². The number of benzene rings is 1. The zero-order chi connectivity index (χ0) is 18.8. The Morgan fingerprint density at radius 2 is 1.48 bits per heavy atom. The minimum absolute atomic E-state index is 0.0486. The van der Waals surface area contributed by atoms with Gasteiger partial charge in [0.15, 0.2) is 5.75 Å². The molecule has 0 aliphatic carbocycles. The predicted molar refractivity (Wildman–Crippen MR) is 101 cm³/mol. The van der Waals surface area contributed by atoms with E-state index < -0.39 is 11.9 Å². The Balaban J connectivity index is 2.49. The molecule has 1 aromatic rings. The van der Waals surface area contributed by atoms with Crippen molar-refractivity contribution >= 4 is 58.3 Å². The van der Waals surface area contributed by atoms with Crippen LogP contribution in [0.15, 0.2) is 18.2 Å². The van der Waals surface area contributed by atoms with Crippen molar-refractivity contribution in [1.82, 2.24) is 0 Å². The van der Waals surface area contributed by atoms with E-state index in [0.29, 0.717) is 6.61 Å². The molecule has 0 unspecified atom stereocenters. The number of hydrogen-bond acceptors (Lipinski definition) is 4. The fourth-order valence-electron chi connectivity index (χ4n) is 1.84. The molecule has 4 nitrogen and oxygen atoms in total. The maximum absolute atomic E-state index is 11.8. The van der Waals surface area contributed by atoms with E-state index >= 15 is 0 Å². The summed E-state index contributed by atoms with van der Waals surface area (Å²) in [5, 5.41) is 0.0793. The Bertz CT molecular complexity index is 618. The molecule has 8 heteroatoms. The molecule has 0 saturated carbocycles. The summed E-state index contributed by atoms with van der Waals surface area (Å²) in [6.07, 6.45) is 7.10. The standard InChI is InChI=1S/C17H18Cl4O4/c1-2-3-4-5-6-9-24-13(22)7-8-14(23)25-17-15(20)11(18)10-12(19)16(17)21/h7-8,10H,2-6,9H2,1H3/b8-7+. The van der Waals surface area contributed by atoms with Crippen molar-refractivity contribution < 1.29 is 19.1 Å². The lowest BCUT2D eigenvalue weighted by atomic mass is 10.2. The van der Waals surface area contributed by atoms with Gasteiger partial charge in [0, 0.05) is 12.2 Å². The smallest absolute Gasteiger partial charge is 0.336 e. The number of hydrogen-bond donors (Lipinski definition) is 0. The number of esters is 2. The fraction of sp³-hybridized carbons (Fsp3) is 0.412. The lowest BCUT2D eigenvalue weighted by Crippen LogP contribution is -2.08. The van der Waals surface area contributed by atoms with Crippen LogP contribution in [0.1, 0.15) is 39.0 Å². The maximum atomic E-state index is 11.8. The van der Waals surface area contributed by atoms with Crippen LogP contribution in [0, 0.1) is 0 Å². The Hall–Kier alpha value is -0.940. The normalized spacial score (nSPS) is 10.9. The van der Waals surface area contributed by atoms with Crippen molar-refractivity contribution in [3.05, 3.63) is 38.3 Å². The van der Waals surface area contributed by atoms with E-state index in [-0.39, 0.29) is 25.8 Å². The summed E-state index contributed by atoms with van der Waals surface area (Å²) in [5.41, 5.74) is 0. The van der Waals surface area contributed by atoms with Crippen LogP contribution in [0.25, 0.3) is 0 Å². The van der Waals surface area contributed by atoms with Gasteiger partial charge in [-0.3, -0.25) is 0 Å². The Kier molecular flexibility index (Phi) is 10.3. The first-order valence-electron chi connectivity index (χ1n) is 7.76. The molecule has 0 N–H and O–H groups in total. The highest BCUT2D eigenvalue weighted by atomic mass is 35.5. The van der Waals surface area contributed by atoms with Gasteiger partial charge < -0.3 is 9.47 Å². The molecule has 0 aromatic heterocycles. The predicted octanol–water partition coefficient (Wildman–Crippen LogP) is 6.28. The van der Waals surface area contributed by atoms with Gasteiger partial charge in [0.05, 0.1) is 16.7 Å². The third kappa shape index (κ3) is 7.87. The van der Waals surface area contributed by atoms with Crippen molar-refractivity contribution in [2.24, 2.45) is 0 Å². The summed E-state index contributed by atoms with van der Waals surface area (Å²) < 4.78 is 9.97. The van der Waals surface area contributed by atoms with E-state index in [0.717, 1.165) is 37.8 Å². The molecule has 0 aliphatic heterocycles. The maximum Gasteiger partial charge on any atom is 0.336 e. The number of ether oxygens (including phenoxy) is 2. The van der Waals surface area contributed by atoms with Crippen molar-refractivity contribution in [3.63, 3.8) is 0 Å². The third-order valence-electron chi connectivity index (χ3n) is 3.12. The van der Waals surface area contributed by atoms with Crippen molar-refractivity contribution in [3.8, 4) is 5.75 Å². The van der Waals surface area contributed by atoms with Gasteiger partial charge in [-0.05, 0) is 12.5 Å². The van der Waals surface area contributed by atoms with Gasteiger partial charge in [-0.15, -0.1) is 0 Å². The highest BCUT2D eigenvalue weighted by Crippen LogP contribution is 2.42. The first-order valence-corrected chi connectivity index (χ1v) is 9.27. The molecule has 0 bridgehead atoms. The van der Waals surface area contributed by atoms with Gasteiger partial charge in [-0.25, -0.2) is 9.59 Å². The van der Waals surface area contributed by atoms with E-state index in [4.69, 9.17) is 55.9 Å². The Morgan fingerprint density at radius 3 is 2.08 bits per heavy atom. The second-order valence-electron chi connectivity index (χ2n) is 5.13. The molecule has 1 rings (SSSR count). The monoisotopic (exact) mass is 426 g/mol. The van der Waals surface area contributed by atoms with Crippen LogP contribution >= 0.6 is 46.4 Å². The third-order valence-corrected chi connectivity index (χ3v) is 4.66. The Labute approximate surface area is 167 Å². The zero-order valence-corrected chi connectivity index (χ0v) is 16.6. The topological polar surface area (TPSA) is 52.6 Å². The first kappa shape index (κ1) is 22.1. The van der Waals surface area contributed by atoms with Crippen LogP contribution in [0.2, 0.25) is 20.1 Å². The number of carbonyl (C=O) groups excluding carboxylic acids is 2. The van der Waals surface area contributed by atoms with Crippen molar-refractivity contribution in [2.75, 3.05) is 6.61 Å². The van der Waals surface area contributed by atoms with Crippen LogP contribution in [0.4, 0.5) is 0 Å². The summed E-state index contributed by atoms with van der Waals surface area (Å²) >= 11 is 23.6. The number of rotatable bonds is 9. The van der Waals surface area contributed by atoms with Crippen LogP contribution in [-0.4, -0.2) is 18.5 Å². The molecule has 0 atom stereocenters. The van der Waals surface area contributed by atoms with Crippen molar-refractivity contribution in [2.45, 2.75) is 39.0 Å². The molecule has 0 heterocycles. The fourth-order valence-corrected chi connectivity index (χ4v) is 2.71. The molecular weight excluding hydrogens is 410 g/mol. The van der Waals surface area contributed by atoms with E-state index in [9.17, 15) is 9.59 Å². The lowest BCUT2D eigenvalue weighted by molar-refractivity contribution is -0.138. The molecule has 0 amide bonds. The molecule has 0 aliphatic rings. The van der Waals surface area contributed by atoms with Gasteiger partial charge >= 0.3 is 11.9 Å². The van der Waals surface area contributed by atoms with E-state index in [2.05, 4.69) is 6.92 Å². The zero-order valence-electron chi connectivity index (χ0n) is 13.6. The van der Waals surface area contributed by atoms with Crippen LogP contribution < -0.4 is 4.74 Å². The Morgan fingerprint density at radius 1 is 0.920 bits per heavy atom. The number of carbonyl (C=O) groups is 2. The van der Waals surface area contributed by atoms with Gasteiger partial charge in [0.1, 0.15) is 10.0 Å². The van der Waals surface area contributed by atoms with Crippen LogP contribution in [0.3, 0.4) is 0 Å². The van der Waals surface area contributed by atoms with E-state index in [1.807, 2.05) is 0 Å². The quantitative estimate of drug-likeness (QED) is 0.153. The summed E-state index contributed by atoms with van der Waals surface area (Å²) in [6, 6.07) is 1.33. The number of unbranched alkanes of at least 4 members (excludes halogenated alkanes) is 4. The molecular formula is C17H18Cl4O4.